The number of likely N-dealkylation sites (tertiary alicyclic amines) is 1. The van der Waals surface area contributed by atoms with Gasteiger partial charge in [-0.25, -0.2) is 0 Å². The summed E-state index contributed by atoms with van der Waals surface area (Å²) in [4.78, 5) is 15.4. The second-order valence-corrected chi connectivity index (χ2v) is 10.8. The Bertz CT molecular complexity index is 794. The minimum atomic E-state index is 0.0341. The lowest BCUT2D eigenvalue weighted by Crippen LogP contribution is -2.42. The number of esters is 1. The monoisotopic (exact) mass is 407 g/mol. The number of rotatable bonds is 4. The van der Waals surface area contributed by atoms with Gasteiger partial charge in [0.15, 0.2) is 0 Å². The predicted octanol–water partition coefficient (Wildman–Crippen LogP) is 5.26. The van der Waals surface area contributed by atoms with E-state index in [4.69, 9.17) is 4.74 Å². The van der Waals surface area contributed by atoms with Crippen molar-refractivity contribution in [2.45, 2.75) is 64.9 Å². The first kappa shape index (κ1) is 20.3. The molecule has 5 atom stereocenters. The highest BCUT2D eigenvalue weighted by Gasteiger charge is 2.52. The molecule has 0 aromatic heterocycles. The number of carbonyl (C=O) groups excluding carboxylic acids is 1. The lowest BCUT2D eigenvalue weighted by molar-refractivity contribution is -0.145. The molecule has 2 aliphatic heterocycles. The van der Waals surface area contributed by atoms with Crippen LogP contribution in [0.4, 0.5) is 0 Å². The van der Waals surface area contributed by atoms with E-state index >= 15 is 0 Å². The van der Waals surface area contributed by atoms with Crippen LogP contribution in [-0.2, 0) is 16.0 Å². The van der Waals surface area contributed by atoms with Crippen LogP contribution in [0.15, 0.2) is 42.0 Å². The molecular weight excluding hydrogens is 370 g/mol. The number of fused-ring (bicyclic) bond motifs is 2. The fraction of sp³-hybridized carbons (Fsp3) is 0.667. The first-order valence-corrected chi connectivity index (χ1v) is 12.2. The van der Waals surface area contributed by atoms with E-state index in [9.17, 15) is 4.79 Å². The molecular formula is C27H37NO2. The van der Waals surface area contributed by atoms with Gasteiger partial charge in [0.05, 0.1) is 5.92 Å². The summed E-state index contributed by atoms with van der Waals surface area (Å²) in [5, 5.41) is 0. The van der Waals surface area contributed by atoms with Gasteiger partial charge in [-0.15, -0.1) is 0 Å². The summed E-state index contributed by atoms with van der Waals surface area (Å²) in [5.74, 6) is 1.82. The fourth-order valence-electron chi connectivity index (χ4n) is 6.86. The number of hydrogen-bond acceptors (Lipinski definition) is 3. The topological polar surface area (TPSA) is 29.5 Å². The van der Waals surface area contributed by atoms with Gasteiger partial charge in [0, 0.05) is 12.5 Å². The van der Waals surface area contributed by atoms with Crippen molar-refractivity contribution in [3.8, 4) is 0 Å². The van der Waals surface area contributed by atoms with E-state index in [1.165, 1.54) is 44.1 Å². The summed E-state index contributed by atoms with van der Waals surface area (Å²) in [6, 6.07) is 10.9. The Labute approximate surface area is 181 Å². The van der Waals surface area contributed by atoms with E-state index < -0.39 is 0 Å². The van der Waals surface area contributed by atoms with E-state index in [2.05, 4.69) is 55.2 Å². The lowest BCUT2D eigenvalue weighted by Gasteiger charge is -2.46. The van der Waals surface area contributed by atoms with Gasteiger partial charge < -0.3 is 9.64 Å². The SMILES string of the molecule is CC1CCCC2(C)CC3OC(=O)C(CN4CCC(Cc5ccccc5)CC4)C3C=C12. The zero-order valence-electron chi connectivity index (χ0n) is 18.7. The number of benzene rings is 1. The first-order valence-electron chi connectivity index (χ1n) is 12.2. The van der Waals surface area contributed by atoms with Crippen LogP contribution in [0.5, 0.6) is 0 Å². The van der Waals surface area contributed by atoms with Crippen molar-refractivity contribution in [1.82, 2.24) is 4.90 Å². The van der Waals surface area contributed by atoms with Crippen LogP contribution in [-0.4, -0.2) is 36.6 Å². The standard InChI is InChI=1S/C27H37NO2/c1-19-7-6-12-27(2)17-25-22(16-24(19)27)23(26(29)30-25)18-28-13-10-21(11-14-28)15-20-8-4-3-5-9-20/h3-5,8-9,16,19,21-23,25H,6-7,10-15,17-18H2,1-2H3. The summed E-state index contributed by atoms with van der Waals surface area (Å²) in [6.45, 7) is 7.90. The van der Waals surface area contributed by atoms with Crippen molar-refractivity contribution in [3.63, 3.8) is 0 Å². The average Bonchev–Trinajstić information content (AvgIpc) is 3.02. The molecule has 1 aromatic carbocycles. The van der Waals surface area contributed by atoms with Gasteiger partial charge in [-0.1, -0.05) is 62.2 Å². The Morgan fingerprint density at radius 3 is 2.67 bits per heavy atom. The van der Waals surface area contributed by atoms with Crippen molar-refractivity contribution >= 4 is 5.97 Å². The molecule has 1 saturated carbocycles. The molecule has 4 aliphatic rings. The van der Waals surface area contributed by atoms with E-state index in [1.807, 2.05) is 0 Å². The van der Waals surface area contributed by atoms with Crippen LogP contribution in [0.3, 0.4) is 0 Å². The van der Waals surface area contributed by atoms with Crippen molar-refractivity contribution in [3.05, 3.63) is 47.5 Å². The van der Waals surface area contributed by atoms with Gasteiger partial charge in [-0.3, -0.25) is 4.79 Å². The van der Waals surface area contributed by atoms with Gasteiger partial charge in [0.2, 0.25) is 0 Å². The average molecular weight is 408 g/mol. The molecule has 0 radical (unpaired) electrons. The van der Waals surface area contributed by atoms with E-state index in [-0.39, 0.29) is 23.4 Å². The molecule has 5 rings (SSSR count). The summed E-state index contributed by atoms with van der Waals surface area (Å²) in [6.07, 6.45) is 11.2. The van der Waals surface area contributed by atoms with Crippen LogP contribution in [0.2, 0.25) is 0 Å². The van der Waals surface area contributed by atoms with Crippen LogP contribution in [0.1, 0.15) is 57.9 Å². The maximum atomic E-state index is 12.8. The highest BCUT2D eigenvalue weighted by Crippen LogP contribution is 2.54. The van der Waals surface area contributed by atoms with Gasteiger partial charge in [-0.05, 0) is 74.4 Å². The highest BCUT2D eigenvalue weighted by molar-refractivity contribution is 5.76. The zero-order chi connectivity index (χ0) is 20.7. The first-order chi connectivity index (χ1) is 14.5. The van der Waals surface area contributed by atoms with Gasteiger partial charge in [-0.2, -0.15) is 0 Å². The summed E-state index contributed by atoms with van der Waals surface area (Å²) in [5.41, 5.74) is 3.33. The summed E-state index contributed by atoms with van der Waals surface area (Å²) >= 11 is 0. The quantitative estimate of drug-likeness (QED) is 0.504. The van der Waals surface area contributed by atoms with Crippen LogP contribution >= 0.6 is 0 Å². The molecule has 3 fully saturated rings. The molecule has 0 spiro atoms. The maximum Gasteiger partial charge on any atom is 0.311 e. The maximum absolute atomic E-state index is 12.8. The zero-order valence-corrected chi connectivity index (χ0v) is 18.7. The van der Waals surface area contributed by atoms with E-state index in [0.717, 1.165) is 32.0 Å². The minimum Gasteiger partial charge on any atom is -0.461 e. The third-order valence-corrected chi connectivity index (χ3v) is 8.61. The van der Waals surface area contributed by atoms with E-state index in [1.54, 1.807) is 5.57 Å². The van der Waals surface area contributed by atoms with Crippen molar-refractivity contribution in [2.24, 2.45) is 29.1 Å². The number of allylic oxidation sites excluding steroid dienone is 1. The lowest BCUT2D eigenvalue weighted by atomic mass is 9.59. The minimum absolute atomic E-state index is 0.0341. The normalized spacial score (nSPS) is 37.3. The van der Waals surface area contributed by atoms with Gasteiger partial charge in [0.1, 0.15) is 6.10 Å². The summed E-state index contributed by atoms with van der Waals surface area (Å²) < 4.78 is 5.96. The third-order valence-electron chi connectivity index (χ3n) is 8.61. The Morgan fingerprint density at radius 1 is 1.13 bits per heavy atom. The molecule has 3 nitrogen and oxygen atoms in total. The number of ether oxygens (including phenoxy) is 1. The van der Waals surface area contributed by atoms with Crippen LogP contribution < -0.4 is 0 Å². The molecule has 2 aliphatic carbocycles. The molecule has 2 heterocycles. The van der Waals surface area contributed by atoms with Gasteiger partial charge >= 0.3 is 5.97 Å². The van der Waals surface area contributed by atoms with Crippen molar-refractivity contribution < 1.29 is 9.53 Å². The molecule has 162 valence electrons. The fourth-order valence-corrected chi connectivity index (χ4v) is 6.86. The third kappa shape index (κ3) is 3.86. The Balaban J connectivity index is 1.22. The van der Waals surface area contributed by atoms with Crippen molar-refractivity contribution in [2.75, 3.05) is 19.6 Å². The Morgan fingerprint density at radius 2 is 1.90 bits per heavy atom. The smallest absolute Gasteiger partial charge is 0.311 e. The molecule has 0 amide bonds. The molecule has 2 saturated heterocycles. The van der Waals surface area contributed by atoms with Crippen LogP contribution in [0.25, 0.3) is 0 Å². The molecule has 0 N–H and O–H groups in total. The largest absolute Gasteiger partial charge is 0.461 e. The molecule has 3 heteroatoms. The van der Waals surface area contributed by atoms with Crippen LogP contribution in [0, 0.1) is 29.1 Å². The second-order valence-electron chi connectivity index (χ2n) is 10.8. The second kappa shape index (κ2) is 8.15. The number of hydrogen-bond donors (Lipinski definition) is 0. The van der Waals surface area contributed by atoms with Crippen molar-refractivity contribution in [1.29, 1.82) is 0 Å². The molecule has 1 aromatic rings. The Hall–Kier alpha value is -1.61. The molecule has 30 heavy (non-hydrogen) atoms. The predicted molar refractivity (Wildman–Crippen MR) is 120 cm³/mol. The number of piperidine rings is 1. The molecule has 5 unspecified atom stereocenters. The number of carbonyl (C=O) groups is 1. The van der Waals surface area contributed by atoms with E-state index in [0.29, 0.717) is 11.8 Å². The number of nitrogens with zero attached hydrogens (tertiary/aromatic N) is 1. The highest BCUT2D eigenvalue weighted by atomic mass is 16.6. The Kier molecular flexibility index (Phi) is 5.51. The van der Waals surface area contributed by atoms with Gasteiger partial charge in [0.25, 0.3) is 0 Å². The molecule has 0 bridgehead atoms. The summed E-state index contributed by atoms with van der Waals surface area (Å²) in [7, 11) is 0.